The Morgan fingerprint density at radius 3 is 2.56 bits per heavy atom. The van der Waals surface area contributed by atoms with Crippen molar-refractivity contribution in [3.63, 3.8) is 0 Å². The molecule has 3 aromatic rings. The summed E-state index contributed by atoms with van der Waals surface area (Å²) in [6.45, 7) is -0.104. The molecule has 0 saturated heterocycles. The Hall–Kier alpha value is -2.44. The molecule has 4 nitrogen and oxygen atoms in total. The summed E-state index contributed by atoms with van der Waals surface area (Å²) < 4.78 is 6.42. The Morgan fingerprint density at radius 1 is 1.04 bits per heavy atom. The number of anilines is 1. The second-order valence-corrected chi connectivity index (χ2v) is 7.68. The number of rotatable bonds is 4. The van der Waals surface area contributed by atoms with Crippen LogP contribution in [-0.2, 0) is 17.6 Å². The summed E-state index contributed by atoms with van der Waals surface area (Å²) in [4.78, 5) is 12.1. The normalized spacial score (nSPS) is 12.0. The van der Waals surface area contributed by atoms with E-state index in [1.807, 2.05) is 18.2 Å². The maximum Gasteiger partial charge on any atom is 0.264 e. The lowest BCUT2D eigenvalue weighted by atomic mass is 10.0. The van der Waals surface area contributed by atoms with E-state index in [4.69, 9.17) is 17.0 Å². The lowest BCUT2D eigenvalue weighted by Crippen LogP contribution is -2.37. The summed E-state index contributed by atoms with van der Waals surface area (Å²) in [5, 5.41) is 8.50. The molecule has 0 heterocycles. The molecule has 0 spiro atoms. The summed E-state index contributed by atoms with van der Waals surface area (Å²) in [6, 6.07) is 17.8. The van der Waals surface area contributed by atoms with Crippen LogP contribution in [0.25, 0.3) is 10.8 Å². The number of nitrogens with one attached hydrogen (secondary N) is 2. The Balaban J connectivity index is 1.39. The van der Waals surface area contributed by atoms with E-state index in [1.54, 1.807) is 12.1 Å². The van der Waals surface area contributed by atoms with E-state index in [-0.39, 0.29) is 17.6 Å². The SMILES string of the molecule is O=C(COc1ccc(Br)cc1)NC(=S)Nc1ccc2c3c(cccc13)CC2. The highest BCUT2D eigenvalue weighted by Crippen LogP contribution is 2.34. The molecule has 4 rings (SSSR count). The van der Waals surface area contributed by atoms with Crippen LogP contribution < -0.4 is 15.4 Å². The minimum atomic E-state index is -0.304. The van der Waals surface area contributed by atoms with Gasteiger partial charge in [-0.15, -0.1) is 0 Å². The summed E-state index contributed by atoms with van der Waals surface area (Å²) in [5.41, 5.74) is 3.63. The lowest BCUT2D eigenvalue weighted by molar-refractivity contribution is -0.121. The quantitative estimate of drug-likeness (QED) is 0.582. The van der Waals surface area contributed by atoms with Crippen LogP contribution >= 0.6 is 28.1 Å². The van der Waals surface area contributed by atoms with Gasteiger partial charge in [0.05, 0.1) is 0 Å². The topological polar surface area (TPSA) is 50.4 Å². The number of ether oxygens (including phenoxy) is 1. The Kier molecular flexibility index (Phi) is 5.09. The van der Waals surface area contributed by atoms with Crippen molar-refractivity contribution in [1.29, 1.82) is 0 Å². The monoisotopic (exact) mass is 440 g/mol. The maximum absolute atomic E-state index is 12.1. The average Bonchev–Trinajstić information content (AvgIpc) is 3.08. The van der Waals surface area contributed by atoms with Crippen molar-refractivity contribution in [3.05, 3.63) is 70.2 Å². The van der Waals surface area contributed by atoms with Crippen LogP contribution in [0, 0.1) is 0 Å². The smallest absolute Gasteiger partial charge is 0.264 e. The third-order valence-electron chi connectivity index (χ3n) is 4.56. The second kappa shape index (κ2) is 7.66. The summed E-state index contributed by atoms with van der Waals surface area (Å²) in [7, 11) is 0. The first-order chi connectivity index (χ1) is 13.1. The molecule has 0 fully saturated rings. The molecule has 2 N–H and O–H groups in total. The summed E-state index contributed by atoms with van der Waals surface area (Å²) in [6.07, 6.45) is 2.15. The summed E-state index contributed by atoms with van der Waals surface area (Å²) >= 11 is 8.66. The Morgan fingerprint density at radius 2 is 1.78 bits per heavy atom. The van der Waals surface area contributed by atoms with Gasteiger partial charge in [-0.3, -0.25) is 10.1 Å². The number of aryl methyl sites for hydroxylation is 2. The molecule has 27 heavy (non-hydrogen) atoms. The fourth-order valence-electron chi connectivity index (χ4n) is 3.35. The minimum Gasteiger partial charge on any atom is -0.484 e. The molecule has 1 aliphatic carbocycles. The van der Waals surface area contributed by atoms with E-state index in [0.29, 0.717) is 5.75 Å². The number of hydrogen-bond donors (Lipinski definition) is 2. The van der Waals surface area contributed by atoms with E-state index in [9.17, 15) is 4.79 Å². The number of carbonyl (C=O) groups is 1. The molecule has 0 aliphatic heterocycles. The number of hydrogen-bond acceptors (Lipinski definition) is 3. The van der Waals surface area contributed by atoms with Crippen LogP contribution in [0.3, 0.4) is 0 Å². The van der Waals surface area contributed by atoms with E-state index >= 15 is 0 Å². The van der Waals surface area contributed by atoms with Crippen LogP contribution in [0.15, 0.2) is 59.1 Å². The van der Waals surface area contributed by atoms with E-state index in [0.717, 1.165) is 28.4 Å². The molecule has 0 aromatic heterocycles. The van der Waals surface area contributed by atoms with Crippen LogP contribution in [0.4, 0.5) is 5.69 Å². The molecular weight excluding hydrogens is 424 g/mol. The van der Waals surface area contributed by atoms with Gasteiger partial charge in [-0.25, -0.2) is 0 Å². The highest BCUT2D eigenvalue weighted by Gasteiger charge is 2.16. The Labute approximate surface area is 171 Å². The van der Waals surface area contributed by atoms with E-state index in [1.165, 1.54) is 16.5 Å². The van der Waals surface area contributed by atoms with Gasteiger partial charge >= 0.3 is 0 Å². The van der Waals surface area contributed by atoms with Crippen molar-refractivity contribution in [3.8, 4) is 5.75 Å². The van der Waals surface area contributed by atoms with Gasteiger partial charge in [0.1, 0.15) is 5.75 Å². The molecule has 0 atom stereocenters. The molecule has 6 heteroatoms. The highest BCUT2D eigenvalue weighted by atomic mass is 79.9. The van der Waals surface area contributed by atoms with Gasteiger partial charge in [0.25, 0.3) is 5.91 Å². The van der Waals surface area contributed by atoms with Crippen molar-refractivity contribution >= 4 is 55.6 Å². The number of carbonyl (C=O) groups excluding carboxylic acids is 1. The number of halogens is 1. The van der Waals surface area contributed by atoms with Gasteiger partial charge in [0.15, 0.2) is 11.7 Å². The fraction of sp³-hybridized carbons (Fsp3) is 0.143. The van der Waals surface area contributed by atoms with E-state index in [2.05, 4.69) is 50.8 Å². The van der Waals surface area contributed by atoms with Crippen molar-refractivity contribution in [2.45, 2.75) is 12.8 Å². The highest BCUT2D eigenvalue weighted by molar-refractivity contribution is 9.10. The molecule has 0 saturated carbocycles. The predicted octanol–water partition coefficient (Wildman–Crippen LogP) is 4.59. The molecule has 0 bridgehead atoms. The third kappa shape index (κ3) is 3.96. The number of thiocarbonyl (C=S) groups is 1. The first-order valence-electron chi connectivity index (χ1n) is 8.63. The third-order valence-corrected chi connectivity index (χ3v) is 5.29. The second-order valence-electron chi connectivity index (χ2n) is 6.36. The molecule has 136 valence electrons. The van der Waals surface area contributed by atoms with Crippen molar-refractivity contribution in [1.82, 2.24) is 5.32 Å². The average molecular weight is 441 g/mol. The maximum atomic E-state index is 12.1. The molecule has 0 unspecified atom stereocenters. The standard InChI is InChI=1S/C21H17BrN2O2S/c22-15-7-9-16(10-8-15)26-12-19(25)24-21(27)23-18-11-6-14-5-4-13-2-1-3-17(18)20(13)14/h1-3,6-11H,4-5,12H2,(H2,23,24,25,27). The first-order valence-corrected chi connectivity index (χ1v) is 9.83. The van der Waals surface area contributed by atoms with Crippen LogP contribution in [0.2, 0.25) is 0 Å². The molecular formula is C21H17BrN2O2S. The minimum absolute atomic E-state index is 0.104. The van der Waals surface area contributed by atoms with E-state index < -0.39 is 0 Å². The van der Waals surface area contributed by atoms with Crippen molar-refractivity contribution < 1.29 is 9.53 Å². The largest absolute Gasteiger partial charge is 0.484 e. The van der Waals surface area contributed by atoms with Gasteiger partial charge in [0.2, 0.25) is 0 Å². The molecule has 1 amide bonds. The van der Waals surface area contributed by atoms with Crippen molar-refractivity contribution in [2.75, 3.05) is 11.9 Å². The molecule has 3 aromatic carbocycles. The Bertz CT molecular complexity index is 1020. The number of benzene rings is 3. The lowest BCUT2D eigenvalue weighted by Gasteiger charge is -2.13. The van der Waals surface area contributed by atoms with Crippen molar-refractivity contribution in [2.24, 2.45) is 0 Å². The van der Waals surface area contributed by atoms with Gasteiger partial charge in [-0.05, 0) is 71.9 Å². The van der Waals surface area contributed by atoms with Gasteiger partial charge in [-0.2, -0.15) is 0 Å². The zero-order valence-corrected chi connectivity index (χ0v) is 16.8. The van der Waals surface area contributed by atoms with Crippen LogP contribution in [0.5, 0.6) is 5.75 Å². The van der Waals surface area contributed by atoms with Crippen LogP contribution in [-0.4, -0.2) is 17.6 Å². The van der Waals surface area contributed by atoms with Gasteiger partial charge in [0, 0.05) is 15.5 Å². The first kappa shape index (κ1) is 17.9. The zero-order valence-electron chi connectivity index (χ0n) is 14.4. The fourth-order valence-corrected chi connectivity index (χ4v) is 3.84. The molecule has 0 radical (unpaired) electrons. The van der Waals surface area contributed by atoms with Crippen LogP contribution in [0.1, 0.15) is 11.1 Å². The van der Waals surface area contributed by atoms with Gasteiger partial charge < -0.3 is 10.1 Å². The zero-order chi connectivity index (χ0) is 18.8. The van der Waals surface area contributed by atoms with Gasteiger partial charge in [-0.1, -0.05) is 40.2 Å². The predicted molar refractivity (Wildman–Crippen MR) is 115 cm³/mol. The number of amides is 1. The summed E-state index contributed by atoms with van der Waals surface area (Å²) in [5.74, 6) is 0.320. The molecule has 1 aliphatic rings.